The maximum atomic E-state index is 13.6. The van der Waals surface area contributed by atoms with Crippen molar-refractivity contribution >= 4 is 11.8 Å². The molecule has 21 heavy (non-hydrogen) atoms. The molecule has 0 saturated carbocycles. The van der Waals surface area contributed by atoms with Gasteiger partial charge in [0.25, 0.3) is 0 Å². The van der Waals surface area contributed by atoms with Crippen LogP contribution in [0.25, 0.3) is 0 Å². The molecular formula is C15H19FN2O3. The highest BCUT2D eigenvalue weighted by atomic mass is 19.1. The lowest BCUT2D eigenvalue weighted by atomic mass is 9.96. The van der Waals surface area contributed by atoms with Gasteiger partial charge < -0.3 is 15.3 Å². The summed E-state index contributed by atoms with van der Waals surface area (Å²) in [7, 11) is 0. The molecule has 1 saturated heterocycles. The summed E-state index contributed by atoms with van der Waals surface area (Å²) in [5.41, 5.74) is 0.447. The first kappa shape index (κ1) is 15.4. The SMILES string of the molecule is O=C(NCCO)C1CCC(=O)N(Cc2ccccc2F)C1. The van der Waals surface area contributed by atoms with Crippen LogP contribution in [0.3, 0.4) is 0 Å². The molecule has 1 aliphatic heterocycles. The van der Waals surface area contributed by atoms with Gasteiger partial charge in [0.15, 0.2) is 0 Å². The summed E-state index contributed by atoms with van der Waals surface area (Å²) in [4.78, 5) is 25.3. The van der Waals surface area contributed by atoms with Crippen molar-refractivity contribution in [1.29, 1.82) is 0 Å². The fourth-order valence-electron chi connectivity index (χ4n) is 2.44. The van der Waals surface area contributed by atoms with Gasteiger partial charge in [0.05, 0.1) is 12.5 Å². The van der Waals surface area contributed by atoms with Crippen molar-refractivity contribution in [2.45, 2.75) is 19.4 Å². The topological polar surface area (TPSA) is 69.6 Å². The maximum absolute atomic E-state index is 13.6. The van der Waals surface area contributed by atoms with Crippen molar-refractivity contribution in [3.63, 3.8) is 0 Å². The number of hydrogen-bond donors (Lipinski definition) is 2. The van der Waals surface area contributed by atoms with Crippen LogP contribution in [-0.2, 0) is 16.1 Å². The molecule has 1 unspecified atom stereocenters. The lowest BCUT2D eigenvalue weighted by Crippen LogP contribution is -2.45. The Morgan fingerprint density at radius 3 is 2.90 bits per heavy atom. The number of likely N-dealkylation sites (tertiary alicyclic amines) is 1. The second-order valence-corrected chi connectivity index (χ2v) is 5.12. The Balaban J connectivity index is 2.00. The zero-order chi connectivity index (χ0) is 15.2. The summed E-state index contributed by atoms with van der Waals surface area (Å²) in [5.74, 6) is -0.891. The number of amides is 2. The highest BCUT2D eigenvalue weighted by Crippen LogP contribution is 2.20. The minimum absolute atomic E-state index is 0.0653. The second kappa shape index (κ2) is 7.17. The summed E-state index contributed by atoms with van der Waals surface area (Å²) in [5, 5.41) is 11.3. The van der Waals surface area contributed by atoms with Crippen LogP contribution in [-0.4, -0.2) is 41.5 Å². The first-order chi connectivity index (χ1) is 10.1. The molecule has 1 aromatic carbocycles. The van der Waals surface area contributed by atoms with E-state index < -0.39 is 0 Å². The molecule has 6 heteroatoms. The number of benzene rings is 1. The van der Waals surface area contributed by atoms with E-state index in [1.54, 1.807) is 18.2 Å². The van der Waals surface area contributed by atoms with Crippen molar-refractivity contribution < 1.29 is 19.1 Å². The lowest BCUT2D eigenvalue weighted by molar-refractivity contribution is -0.139. The minimum Gasteiger partial charge on any atom is -0.395 e. The summed E-state index contributed by atoms with van der Waals surface area (Å²) < 4.78 is 13.6. The molecule has 1 aromatic rings. The van der Waals surface area contributed by atoms with Gasteiger partial charge in [-0.25, -0.2) is 4.39 Å². The molecular weight excluding hydrogens is 275 g/mol. The molecule has 2 amide bonds. The first-order valence-corrected chi connectivity index (χ1v) is 7.01. The first-order valence-electron chi connectivity index (χ1n) is 7.01. The van der Waals surface area contributed by atoms with E-state index >= 15 is 0 Å². The van der Waals surface area contributed by atoms with Crippen LogP contribution in [0.2, 0.25) is 0 Å². The van der Waals surface area contributed by atoms with Gasteiger partial charge in [-0.3, -0.25) is 9.59 Å². The molecule has 1 fully saturated rings. The van der Waals surface area contributed by atoms with Gasteiger partial charge in [-0.05, 0) is 12.5 Å². The zero-order valence-electron chi connectivity index (χ0n) is 11.7. The van der Waals surface area contributed by atoms with Crippen molar-refractivity contribution in [1.82, 2.24) is 10.2 Å². The summed E-state index contributed by atoms with van der Waals surface area (Å²) in [6.45, 7) is 0.548. The van der Waals surface area contributed by atoms with Crippen LogP contribution in [0.4, 0.5) is 4.39 Å². The van der Waals surface area contributed by atoms with Gasteiger partial charge in [0.2, 0.25) is 11.8 Å². The number of aliphatic hydroxyl groups excluding tert-OH is 1. The van der Waals surface area contributed by atoms with E-state index in [1.807, 2.05) is 0 Å². The number of piperidine rings is 1. The van der Waals surface area contributed by atoms with E-state index in [9.17, 15) is 14.0 Å². The Labute approximate surface area is 122 Å². The number of nitrogens with zero attached hydrogens (tertiary/aromatic N) is 1. The van der Waals surface area contributed by atoms with Crippen LogP contribution in [0.5, 0.6) is 0 Å². The number of carbonyl (C=O) groups excluding carboxylic acids is 2. The predicted octanol–water partition coefficient (Wildman–Crippen LogP) is 0.673. The second-order valence-electron chi connectivity index (χ2n) is 5.12. The van der Waals surface area contributed by atoms with E-state index in [0.29, 0.717) is 12.0 Å². The highest BCUT2D eigenvalue weighted by molar-refractivity contribution is 5.83. The van der Waals surface area contributed by atoms with E-state index in [1.165, 1.54) is 11.0 Å². The van der Waals surface area contributed by atoms with Crippen LogP contribution < -0.4 is 5.32 Å². The molecule has 1 atom stereocenters. The number of aliphatic hydroxyl groups is 1. The van der Waals surface area contributed by atoms with Crippen LogP contribution >= 0.6 is 0 Å². The normalized spacial score (nSPS) is 18.7. The summed E-state index contributed by atoms with van der Waals surface area (Å²) in [6.07, 6.45) is 0.773. The lowest BCUT2D eigenvalue weighted by Gasteiger charge is -2.32. The fourth-order valence-corrected chi connectivity index (χ4v) is 2.44. The van der Waals surface area contributed by atoms with E-state index in [2.05, 4.69) is 5.32 Å². The number of rotatable bonds is 5. The van der Waals surface area contributed by atoms with Gasteiger partial charge in [-0.2, -0.15) is 0 Å². The number of nitrogens with one attached hydrogen (secondary N) is 1. The van der Waals surface area contributed by atoms with E-state index in [0.717, 1.165) is 0 Å². The third kappa shape index (κ3) is 4.01. The minimum atomic E-state index is -0.350. The van der Waals surface area contributed by atoms with Crippen LogP contribution in [0.1, 0.15) is 18.4 Å². The van der Waals surface area contributed by atoms with Gasteiger partial charge in [0.1, 0.15) is 5.82 Å². The largest absolute Gasteiger partial charge is 0.395 e. The third-order valence-electron chi connectivity index (χ3n) is 3.60. The molecule has 0 spiro atoms. The van der Waals surface area contributed by atoms with Gasteiger partial charge in [-0.1, -0.05) is 18.2 Å². The van der Waals surface area contributed by atoms with E-state index in [-0.39, 0.29) is 56.2 Å². The average molecular weight is 294 g/mol. The summed E-state index contributed by atoms with van der Waals surface area (Å²) in [6, 6.07) is 6.31. The number of hydrogen-bond acceptors (Lipinski definition) is 3. The van der Waals surface area contributed by atoms with Crippen molar-refractivity contribution in [2.24, 2.45) is 5.92 Å². The molecule has 2 N–H and O–H groups in total. The molecule has 1 heterocycles. The number of carbonyl (C=O) groups is 2. The predicted molar refractivity (Wildman–Crippen MR) is 74.6 cm³/mol. The molecule has 0 aromatic heterocycles. The molecule has 0 bridgehead atoms. The molecule has 1 aliphatic rings. The third-order valence-corrected chi connectivity index (χ3v) is 3.60. The van der Waals surface area contributed by atoms with Crippen molar-refractivity contribution in [3.8, 4) is 0 Å². The van der Waals surface area contributed by atoms with E-state index in [4.69, 9.17) is 5.11 Å². The molecule has 114 valence electrons. The van der Waals surface area contributed by atoms with Crippen LogP contribution in [0.15, 0.2) is 24.3 Å². The standard InChI is InChI=1S/C15H19FN2O3/c16-13-4-2-1-3-11(13)9-18-10-12(5-6-14(18)20)15(21)17-7-8-19/h1-4,12,19H,5-10H2,(H,17,21). The highest BCUT2D eigenvalue weighted by Gasteiger charge is 2.30. The average Bonchev–Trinajstić information content (AvgIpc) is 2.49. The quantitative estimate of drug-likeness (QED) is 0.839. The Kier molecular flexibility index (Phi) is 5.27. The maximum Gasteiger partial charge on any atom is 0.224 e. The monoisotopic (exact) mass is 294 g/mol. The smallest absolute Gasteiger partial charge is 0.224 e. The van der Waals surface area contributed by atoms with Gasteiger partial charge in [-0.15, -0.1) is 0 Å². The Bertz CT molecular complexity index is 521. The van der Waals surface area contributed by atoms with Crippen LogP contribution in [0, 0.1) is 11.7 Å². The van der Waals surface area contributed by atoms with Gasteiger partial charge in [0, 0.05) is 31.6 Å². The zero-order valence-corrected chi connectivity index (χ0v) is 11.7. The fraction of sp³-hybridized carbons (Fsp3) is 0.467. The van der Waals surface area contributed by atoms with Crippen molar-refractivity contribution in [2.75, 3.05) is 19.7 Å². The molecule has 2 rings (SSSR count). The van der Waals surface area contributed by atoms with Crippen molar-refractivity contribution in [3.05, 3.63) is 35.6 Å². The van der Waals surface area contributed by atoms with Gasteiger partial charge >= 0.3 is 0 Å². The Hall–Kier alpha value is -1.95. The molecule has 0 radical (unpaired) electrons. The molecule has 5 nitrogen and oxygen atoms in total. The summed E-state index contributed by atoms with van der Waals surface area (Å²) >= 11 is 0. The Morgan fingerprint density at radius 1 is 1.43 bits per heavy atom. The number of halogens is 1. The Morgan fingerprint density at radius 2 is 2.19 bits per heavy atom. The molecule has 0 aliphatic carbocycles.